The van der Waals surface area contributed by atoms with Crippen molar-refractivity contribution in [2.75, 3.05) is 18.2 Å². The standard InChI is InChI=1S/C23H19FN4O2S/c1-30-23-26-13-21(28-23)31-18-9-4-15(5-10-18)22(29)27-20-12-16(6-11-19(20)25)14-2-7-17(24)8-3-14/h2-13H,25H2,1H3,(H,26,28)(H,27,29). The predicted molar refractivity (Wildman–Crippen MR) is 120 cm³/mol. The molecule has 0 fully saturated rings. The van der Waals surface area contributed by atoms with Gasteiger partial charge < -0.3 is 20.8 Å². The molecular weight excluding hydrogens is 415 g/mol. The molecule has 31 heavy (non-hydrogen) atoms. The fourth-order valence-corrected chi connectivity index (χ4v) is 3.69. The second kappa shape index (κ2) is 8.93. The van der Waals surface area contributed by atoms with Crippen LogP contribution in [0, 0.1) is 5.82 Å². The van der Waals surface area contributed by atoms with Crippen LogP contribution in [0.3, 0.4) is 0 Å². The summed E-state index contributed by atoms with van der Waals surface area (Å²) >= 11 is 1.47. The Labute approximate surface area is 182 Å². The molecule has 4 N–H and O–H groups in total. The Morgan fingerprint density at radius 1 is 1.06 bits per heavy atom. The Morgan fingerprint density at radius 3 is 2.45 bits per heavy atom. The number of nitrogen functional groups attached to an aromatic ring is 1. The monoisotopic (exact) mass is 434 g/mol. The summed E-state index contributed by atoms with van der Waals surface area (Å²) in [6.45, 7) is 0. The van der Waals surface area contributed by atoms with Crippen molar-refractivity contribution in [3.8, 4) is 17.1 Å². The number of benzene rings is 3. The van der Waals surface area contributed by atoms with E-state index in [2.05, 4.69) is 15.3 Å². The number of halogens is 1. The van der Waals surface area contributed by atoms with Crippen molar-refractivity contribution in [2.24, 2.45) is 0 Å². The first-order chi connectivity index (χ1) is 15.0. The van der Waals surface area contributed by atoms with Gasteiger partial charge in [-0.2, -0.15) is 0 Å². The topological polar surface area (TPSA) is 93.0 Å². The number of nitrogens with zero attached hydrogens (tertiary/aromatic N) is 1. The largest absolute Gasteiger partial charge is 0.468 e. The lowest BCUT2D eigenvalue weighted by Crippen LogP contribution is -2.13. The van der Waals surface area contributed by atoms with E-state index in [1.807, 2.05) is 18.2 Å². The Bertz CT molecular complexity index is 1210. The van der Waals surface area contributed by atoms with E-state index in [0.717, 1.165) is 21.0 Å². The molecule has 0 aliphatic carbocycles. The first-order valence-electron chi connectivity index (χ1n) is 9.35. The number of hydrogen-bond donors (Lipinski definition) is 3. The number of H-pyrrole nitrogens is 1. The van der Waals surface area contributed by atoms with E-state index >= 15 is 0 Å². The molecule has 1 aromatic heterocycles. The van der Waals surface area contributed by atoms with E-state index in [1.54, 1.807) is 49.7 Å². The number of ether oxygens (including phenoxy) is 1. The minimum atomic E-state index is -0.305. The number of carbonyl (C=O) groups excluding carboxylic acids is 1. The highest BCUT2D eigenvalue weighted by Gasteiger charge is 2.11. The summed E-state index contributed by atoms with van der Waals surface area (Å²) in [5.74, 6) is -0.580. The molecule has 156 valence electrons. The van der Waals surface area contributed by atoms with Crippen LogP contribution >= 0.6 is 11.8 Å². The zero-order valence-corrected chi connectivity index (χ0v) is 17.4. The molecule has 3 aromatic carbocycles. The molecular formula is C23H19FN4O2S. The molecule has 0 aliphatic rings. The molecule has 0 unspecified atom stereocenters. The van der Waals surface area contributed by atoms with Crippen molar-refractivity contribution in [3.63, 3.8) is 0 Å². The number of amides is 1. The van der Waals surface area contributed by atoms with E-state index in [9.17, 15) is 9.18 Å². The van der Waals surface area contributed by atoms with Gasteiger partial charge in [0, 0.05) is 10.5 Å². The van der Waals surface area contributed by atoms with Gasteiger partial charge in [-0.05, 0) is 59.7 Å². The third-order valence-corrected chi connectivity index (χ3v) is 5.48. The summed E-state index contributed by atoms with van der Waals surface area (Å²) in [5, 5.41) is 3.68. The molecule has 0 saturated heterocycles. The maximum Gasteiger partial charge on any atom is 0.294 e. The first kappa shape index (κ1) is 20.5. The van der Waals surface area contributed by atoms with Crippen LogP contribution in [0.5, 0.6) is 6.01 Å². The van der Waals surface area contributed by atoms with Gasteiger partial charge in [0.2, 0.25) is 0 Å². The average Bonchev–Trinajstić information content (AvgIpc) is 3.24. The molecule has 1 heterocycles. The van der Waals surface area contributed by atoms with E-state index < -0.39 is 0 Å². The van der Waals surface area contributed by atoms with Gasteiger partial charge >= 0.3 is 0 Å². The Morgan fingerprint density at radius 2 is 1.77 bits per heavy atom. The van der Waals surface area contributed by atoms with Crippen LogP contribution in [0.2, 0.25) is 0 Å². The SMILES string of the molecule is COc1ncc(Sc2ccc(C(=O)Nc3cc(-c4ccc(F)cc4)ccc3N)cc2)[nH]1. The molecule has 0 bridgehead atoms. The lowest BCUT2D eigenvalue weighted by Gasteiger charge is -2.11. The van der Waals surface area contributed by atoms with Crippen molar-refractivity contribution in [2.45, 2.75) is 9.92 Å². The third kappa shape index (κ3) is 4.87. The van der Waals surface area contributed by atoms with Crippen LogP contribution in [0.25, 0.3) is 11.1 Å². The summed E-state index contributed by atoms with van der Waals surface area (Å²) in [6, 6.07) is 19.1. The molecule has 0 radical (unpaired) electrons. The number of aromatic nitrogens is 2. The number of nitrogens with two attached hydrogens (primary N) is 1. The van der Waals surface area contributed by atoms with Crippen molar-refractivity contribution in [3.05, 3.63) is 84.3 Å². The van der Waals surface area contributed by atoms with Gasteiger partial charge in [0.05, 0.1) is 29.7 Å². The Kier molecular flexibility index (Phi) is 5.90. The average molecular weight is 434 g/mol. The summed E-state index contributed by atoms with van der Waals surface area (Å²) in [5.41, 5.74) is 9.13. The van der Waals surface area contributed by atoms with Gasteiger partial charge in [0.25, 0.3) is 11.9 Å². The number of carbonyl (C=O) groups is 1. The zero-order valence-electron chi connectivity index (χ0n) is 16.6. The molecule has 4 aromatic rings. The quantitative estimate of drug-likeness (QED) is 0.362. The molecule has 8 heteroatoms. The number of anilines is 2. The lowest BCUT2D eigenvalue weighted by molar-refractivity contribution is 0.102. The maximum absolute atomic E-state index is 13.2. The van der Waals surface area contributed by atoms with Gasteiger partial charge in [-0.1, -0.05) is 30.0 Å². The second-order valence-corrected chi connectivity index (χ2v) is 7.76. The van der Waals surface area contributed by atoms with Gasteiger partial charge in [-0.15, -0.1) is 0 Å². The molecule has 1 amide bonds. The van der Waals surface area contributed by atoms with Crippen molar-refractivity contribution in [1.82, 2.24) is 9.97 Å². The minimum Gasteiger partial charge on any atom is -0.468 e. The van der Waals surface area contributed by atoms with Crippen LogP contribution in [-0.2, 0) is 0 Å². The van der Waals surface area contributed by atoms with Gasteiger partial charge in [0.1, 0.15) is 5.82 Å². The molecule has 0 aliphatic heterocycles. The van der Waals surface area contributed by atoms with Crippen LogP contribution in [0.4, 0.5) is 15.8 Å². The van der Waals surface area contributed by atoms with Crippen LogP contribution in [-0.4, -0.2) is 23.0 Å². The fourth-order valence-electron chi connectivity index (χ4n) is 2.93. The number of rotatable bonds is 6. The summed E-state index contributed by atoms with van der Waals surface area (Å²) in [7, 11) is 1.54. The first-order valence-corrected chi connectivity index (χ1v) is 10.2. The highest BCUT2D eigenvalue weighted by atomic mass is 32.2. The smallest absolute Gasteiger partial charge is 0.294 e. The number of methoxy groups -OCH3 is 1. The van der Waals surface area contributed by atoms with Crippen molar-refractivity contribution < 1.29 is 13.9 Å². The Hall–Kier alpha value is -3.78. The number of nitrogens with one attached hydrogen (secondary N) is 2. The molecule has 0 saturated carbocycles. The van der Waals surface area contributed by atoms with Crippen LogP contribution in [0.1, 0.15) is 10.4 Å². The number of imidazole rings is 1. The van der Waals surface area contributed by atoms with Crippen molar-refractivity contribution in [1.29, 1.82) is 0 Å². The third-order valence-electron chi connectivity index (χ3n) is 4.55. The highest BCUT2D eigenvalue weighted by molar-refractivity contribution is 7.99. The highest BCUT2D eigenvalue weighted by Crippen LogP contribution is 2.29. The minimum absolute atomic E-state index is 0.275. The summed E-state index contributed by atoms with van der Waals surface area (Å²) in [6.07, 6.45) is 1.68. The molecule has 0 atom stereocenters. The predicted octanol–water partition coefficient (Wildman–Crippen LogP) is 5.21. The van der Waals surface area contributed by atoms with E-state index in [0.29, 0.717) is 22.9 Å². The number of aromatic amines is 1. The van der Waals surface area contributed by atoms with Gasteiger partial charge in [-0.25, -0.2) is 9.37 Å². The zero-order chi connectivity index (χ0) is 21.8. The van der Waals surface area contributed by atoms with Crippen molar-refractivity contribution >= 4 is 29.0 Å². The lowest BCUT2D eigenvalue weighted by atomic mass is 10.0. The molecule has 6 nitrogen and oxygen atoms in total. The maximum atomic E-state index is 13.2. The van der Waals surface area contributed by atoms with Gasteiger partial charge in [-0.3, -0.25) is 4.79 Å². The molecule has 4 rings (SSSR count). The second-order valence-electron chi connectivity index (χ2n) is 6.65. The fraction of sp³-hybridized carbons (Fsp3) is 0.0435. The van der Waals surface area contributed by atoms with Crippen LogP contribution < -0.4 is 15.8 Å². The summed E-state index contributed by atoms with van der Waals surface area (Å²) in [4.78, 5) is 20.8. The van der Waals surface area contributed by atoms with E-state index in [-0.39, 0.29) is 11.7 Å². The van der Waals surface area contributed by atoms with E-state index in [4.69, 9.17) is 10.5 Å². The normalized spacial score (nSPS) is 10.6. The van der Waals surface area contributed by atoms with Crippen LogP contribution in [0.15, 0.2) is 82.8 Å². The molecule has 0 spiro atoms. The number of hydrogen-bond acceptors (Lipinski definition) is 5. The van der Waals surface area contributed by atoms with E-state index in [1.165, 1.54) is 23.9 Å². The summed E-state index contributed by atoms with van der Waals surface area (Å²) < 4.78 is 18.2. The van der Waals surface area contributed by atoms with Gasteiger partial charge in [0.15, 0.2) is 0 Å². The Balaban J connectivity index is 1.47.